The van der Waals surface area contributed by atoms with Crippen LogP contribution in [-0.2, 0) is 0 Å². The molecule has 12 heavy (non-hydrogen) atoms. The van der Waals surface area contributed by atoms with Crippen LogP contribution in [0.5, 0.6) is 0 Å². The maximum Gasteiger partial charge on any atom is 0.181 e. The molecule has 3 nitrogen and oxygen atoms in total. The van der Waals surface area contributed by atoms with Gasteiger partial charge in [-0.05, 0) is 12.1 Å². The molecule has 0 radical (unpaired) electrons. The predicted octanol–water partition coefficient (Wildman–Crippen LogP) is 1.65. The molecule has 0 fully saturated rings. The Labute approximate surface area is 72.2 Å². The Morgan fingerprint density at radius 3 is 2.58 bits per heavy atom. The highest BCUT2D eigenvalue weighted by Gasteiger charge is 2.00. The highest BCUT2D eigenvalue weighted by atomic mass is 15.1. The van der Waals surface area contributed by atoms with E-state index in [4.69, 9.17) is 5.26 Å². The number of nitrogens with zero attached hydrogens (tertiary/aromatic N) is 2. The van der Waals surface area contributed by atoms with Crippen LogP contribution >= 0.6 is 0 Å². The van der Waals surface area contributed by atoms with Crippen LogP contribution in [0, 0.1) is 11.5 Å². The van der Waals surface area contributed by atoms with Crippen molar-refractivity contribution in [3.63, 3.8) is 0 Å². The zero-order valence-corrected chi connectivity index (χ0v) is 7.20. The third kappa shape index (κ3) is 1.67. The molecule has 1 N–H and O–H groups in total. The maximum absolute atomic E-state index is 8.45. The summed E-state index contributed by atoms with van der Waals surface area (Å²) in [4.78, 5) is 1.96. The summed E-state index contributed by atoms with van der Waals surface area (Å²) >= 11 is 0. The van der Waals surface area contributed by atoms with E-state index in [1.165, 1.54) is 0 Å². The van der Waals surface area contributed by atoms with E-state index in [9.17, 15) is 0 Å². The molecule has 1 aromatic rings. The molecule has 0 saturated carbocycles. The van der Waals surface area contributed by atoms with Crippen molar-refractivity contribution in [1.82, 2.24) is 0 Å². The minimum Gasteiger partial charge on any atom is -0.376 e. The molecule has 0 amide bonds. The van der Waals surface area contributed by atoms with Gasteiger partial charge in [-0.25, -0.2) is 0 Å². The molecule has 0 bridgehead atoms. The minimum atomic E-state index is 0.838. The van der Waals surface area contributed by atoms with E-state index >= 15 is 0 Å². The van der Waals surface area contributed by atoms with E-state index in [1.54, 1.807) is 0 Å². The number of anilines is 2. The highest BCUT2D eigenvalue weighted by molar-refractivity contribution is 5.70. The van der Waals surface area contributed by atoms with E-state index < -0.39 is 0 Å². The Hall–Kier alpha value is -1.69. The zero-order valence-electron chi connectivity index (χ0n) is 7.20. The molecule has 0 spiro atoms. The molecule has 62 valence electrons. The van der Waals surface area contributed by atoms with Gasteiger partial charge in [0.25, 0.3) is 0 Å². The molecule has 0 atom stereocenters. The number of hydrogen-bond donors (Lipinski definition) is 1. The number of nitriles is 1. The van der Waals surface area contributed by atoms with Gasteiger partial charge in [0.15, 0.2) is 6.19 Å². The monoisotopic (exact) mass is 161 g/mol. The first kappa shape index (κ1) is 8.41. The smallest absolute Gasteiger partial charge is 0.181 e. The van der Waals surface area contributed by atoms with Gasteiger partial charge in [-0.2, -0.15) is 5.26 Å². The fraction of sp³-hybridized carbons (Fsp3) is 0.222. The third-order valence-corrected chi connectivity index (χ3v) is 1.58. The van der Waals surface area contributed by atoms with E-state index in [0.717, 1.165) is 11.4 Å². The lowest BCUT2D eigenvalue weighted by Gasteiger charge is -2.15. The maximum atomic E-state index is 8.45. The summed E-state index contributed by atoms with van der Waals surface area (Å²) in [7, 11) is 3.88. The lowest BCUT2D eigenvalue weighted by atomic mass is 10.2. The van der Waals surface area contributed by atoms with Gasteiger partial charge in [-0.15, -0.1) is 0 Å². The molecule has 0 unspecified atom stereocenters. The van der Waals surface area contributed by atoms with Gasteiger partial charge < -0.3 is 4.90 Å². The minimum absolute atomic E-state index is 0.838. The Morgan fingerprint density at radius 2 is 2.00 bits per heavy atom. The van der Waals surface area contributed by atoms with Crippen LogP contribution in [0.15, 0.2) is 24.3 Å². The first-order chi connectivity index (χ1) is 5.75. The van der Waals surface area contributed by atoms with Gasteiger partial charge in [-0.3, -0.25) is 5.32 Å². The first-order valence-electron chi connectivity index (χ1n) is 3.67. The second-order valence-corrected chi connectivity index (χ2v) is 2.65. The van der Waals surface area contributed by atoms with E-state index in [1.807, 2.05) is 49.5 Å². The summed E-state index contributed by atoms with van der Waals surface area (Å²) in [5.74, 6) is 0. The largest absolute Gasteiger partial charge is 0.376 e. The van der Waals surface area contributed by atoms with Crippen LogP contribution < -0.4 is 10.2 Å². The van der Waals surface area contributed by atoms with Gasteiger partial charge in [0.05, 0.1) is 11.4 Å². The van der Waals surface area contributed by atoms with Crippen molar-refractivity contribution in [1.29, 1.82) is 5.26 Å². The number of nitrogens with one attached hydrogen (secondary N) is 1. The topological polar surface area (TPSA) is 39.1 Å². The average Bonchev–Trinajstić information content (AvgIpc) is 2.05. The summed E-state index contributed by atoms with van der Waals surface area (Å²) < 4.78 is 0. The van der Waals surface area contributed by atoms with Gasteiger partial charge >= 0.3 is 0 Å². The fourth-order valence-electron chi connectivity index (χ4n) is 1.03. The predicted molar refractivity (Wildman–Crippen MR) is 50.0 cm³/mol. The van der Waals surface area contributed by atoms with Crippen molar-refractivity contribution in [2.45, 2.75) is 0 Å². The Kier molecular flexibility index (Phi) is 2.54. The van der Waals surface area contributed by atoms with Crippen LogP contribution in [0.1, 0.15) is 0 Å². The van der Waals surface area contributed by atoms with Crippen molar-refractivity contribution in [2.24, 2.45) is 0 Å². The number of benzene rings is 1. The highest BCUT2D eigenvalue weighted by Crippen LogP contribution is 2.22. The molecule has 1 rings (SSSR count). The quantitative estimate of drug-likeness (QED) is 0.529. The Balaban J connectivity index is 3.02. The molecule has 0 aliphatic rings. The molecule has 0 aliphatic carbocycles. The van der Waals surface area contributed by atoms with Crippen molar-refractivity contribution >= 4 is 11.4 Å². The molecule has 0 aliphatic heterocycles. The standard InChI is InChI=1S/C9H11N3/c1-12(2)9-6-4-3-5-8(9)11-7-10/h3-6,11H,1-2H3. The van der Waals surface area contributed by atoms with Crippen LogP contribution in [0.3, 0.4) is 0 Å². The second-order valence-electron chi connectivity index (χ2n) is 2.65. The summed E-state index contributed by atoms with van der Waals surface area (Å²) in [6.07, 6.45) is 1.90. The SMILES string of the molecule is CN(C)c1ccccc1NC#N. The molecular formula is C9H11N3. The van der Waals surface area contributed by atoms with E-state index in [0.29, 0.717) is 0 Å². The first-order valence-corrected chi connectivity index (χ1v) is 3.67. The van der Waals surface area contributed by atoms with E-state index in [-0.39, 0.29) is 0 Å². The third-order valence-electron chi connectivity index (χ3n) is 1.58. The lowest BCUT2D eigenvalue weighted by molar-refractivity contribution is 1.13. The molecule has 0 saturated heterocycles. The molecule has 1 aromatic carbocycles. The van der Waals surface area contributed by atoms with Crippen LogP contribution in [0.25, 0.3) is 0 Å². The Morgan fingerprint density at radius 1 is 1.33 bits per heavy atom. The number of hydrogen-bond acceptors (Lipinski definition) is 3. The molecule has 0 heterocycles. The zero-order chi connectivity index (χ0) is 8.97. The van der Waals surface area contributed by atoms with Crippen LogP contribution in [0.2, 0.25) is 0 Å². The number of rotatable bonds is 2. The van der Waals surface area contributed by atoms with Gasteiger partial charge in [0.1, 0.15) is 0 Å². The van der Waals surface area contributed by atoms with E-state index in [2.05, 4.69) is 5.32 Å². The van der Waals surface area contributed by atoms with Crippen LogP contribution in [0.4, 0.5) is 11.4 Å². The fourth-order valence-corrected chi connectivity index (χ4v) is 1.03. The molecular weight excluding hydrogens is 150 g/mol. The summed E-state index contributed by atoms with van der Waals surface area (Å²) in [6.45, 7) is 0. The van der Waals surface area contributed by atoms with Gasteiger partial charge in [0.2, 0.25) is 0 Å². The number of para-hydroxylation sites is 2. The summed E-state index contributed by atoms with van der Waals surface area (Å²) in [5.41, 5.74) is 1.85. The van der Waals surface area contributed by atoms with Gasteiger partial charge in [-0.1, -0.05) is 12.1 Å². The van der Waals surface area contributed by atoms with Crippen LogP contribution in [-0.4, -0.2) is 14.1 Å². The van der Waals surface area contributed by atoms with Crippen molar-refractivity contribution in [3.05, 3.63) is 24.3 Å². The van der Waals surface area contributed by atoms with Gasteiger partial charge in [0, 0.05) is 14.1 Å². The van der Waals surface area contributed by atoms with Crippen molar-refractivity contribution in [3.8, 4) is 6.19 Å². The summed E-state index contributed by atoms with van der Waals surface area (Å²) in [6, 6.07) is 7.67. The second kappa shape index (κ2) is 3.63. The summed E-state index contributed by atoms with van der Waals surface area (Å²) in [5, 5.41) is 11.1. The van der Waals surface area contributed by atoms with Crippen molar-refractivity contribution in [2.75, 3.05) is 24.3 Å². The molecule has 3 heteroatoms. The Bertz CT molecular complexity index is 299. The normalized spacial score (nSPS) is 8.75. The lowest BCUT2D eigenvalue weighted by Crippen LogP contribution is -2.10. The van der Waals surface area contributed by atoms with Crippen molar-refractivity contribution < 1.29 is 0 Å². The average molecular weight is 161 g/mol. The molecule has 0 aromatic heterocycles.